The van der Waals surface area contributed by atoms with E-state index in [1.54, 1.807) is 31.8 Å². The Hall–Kier alpha value is -1.56. The molecule has 0 fully saturated rings. The summed E-state index contributed by atoms with van der Waals surface area (Å²) in [6.45, 7) is 4.20. The Labute approximate surface area is 108 Å². The van der Waals surface area contributed by atoms with Crippen LogP contribution in [0.3, 0.4) is 0 Å². The maximum Gasteiger partial charge on any atom is 0.317 e. The third-order valence-corrected chi connectivity index (χ3v) is 2.42. The number of hydrogen-bond acceptors (Lipinski definition) is 3. The summed E-state index contributed by atoms with van der Waals surface area (Å²) in [7, 11) is 3.52. The Bertz CT molecular complexity index is 395. The topological polar surface area (TPSA) is 70.4 Å². The first-order chi connectivity index (χ1) is 8.28. The quantitative estimate of drug-likeness (QED) is 0.798. The zero-order valence-electron chi connectivity index (χ0n) is 11.5. The van der Waals surface area contributed by atoms with Crippen LogP contribution in [0.25, 0.3) is 0 Å². The first-order valence-corrected chi connectivity index (χ1v) is 5.97. The van der Waals surface area contributed by atoms with Gasteiger partial charge in [0.05, 0.1) is 18.3 Å². The highest BCUT2D eigenvalue weighted by Gasteiger charge is 2.18. The molecule has 0 atom stereocenters. The van der Waals surface area contributed by atoms with Crippen molar-refractivity contribution in [2.45, 2.75) is 25.9 Å². The highest BCUT2D eigenvalue weighted by Crippen LogP contribution is 2.03. The summed E-state index contributed by atoms with van der Waals surface area (Å²) < 4.78 is 1.73. The third-order valence-electron chi connectivity index (χ3n) is 2.42. The zero-order valence-corrected chi connectivity index (χ0v) is 11.5. The summed E-state index contributed by atoms with van der Waals surface area (Å²) in [5.41, 5.74) is 0.207. The molecule has 0 saturated heterocycles. The van der Waals surface area contributed by atoms with Gasteiger partial charge in [0.1, 0.15) is 0 Å². The molecule has 1 rings (SSSR count). The molecule has 18 heavy (non-hydrogen) atoms. The van der Waals surface area contributed by atoms with Gasteiger partial charge in [-0.3, -0.25) is 4.68 Å². The second-order valence-corrected chi connectivity index (χ2v) is 5.17. The van der Waals surface area contributed by atoms with E-state index >= 15 is 0 Å². The lowest BCUT2D eigenvalue weighted by Crippen LogP contribution is -2.45. The molecule has 0 aromatic carbocycles. The van der Waals surface area contributed by atoms with Gasteiger partial charge < -0.3 is 15.3 Å². The number of aliphatic hydroxyl groups is 1. The van der Waals surface area contributed by atoms with Crippen LogP contribution in [-0.4, -0.2) is 51.6 Å². The van der Waals surface area contributed by atoms with Crippen molar-refractivity contribution in [3.8, 4) is 0 Å². The SMILES string of the molecule is CN(CC(C)(C)O)C(=O)NCCc1cnn(C)c1. The number of urea groups is 1. The molecule has 0 unspecified atom stereocenters. The lowest BCUT2D eigenvalue weighted by atomic mass is 10.1. The Morgan fingerprint density at radius 1 is 1.61 bits per heavy atom. The average Bonchev–Trinajstić information content (AvgIpc) is 2.61. The molecular weight excluding hydrogens is 232 g/mol. The maximum atomic E-state index is 11.7. The summed E-state index contributed by atoms with van der Waals surface area (Å²) in [6, 6.07) is -0.180. The van der Waals surface area contributed by atoms with Gasteiger partial charge in [0.2, 0.25) is 0 Å². The molecule has 102 valence electrons. The standard InChI is InChI=1S/C12H22N4O2/c1-12(2,18)9-15(3)11(17)13-6-5-10-7-14-16(4)8-10/h7-8,18H,5-6,9H2,1-4H3,(H,13,17). The lowest BCUT2D eigenvalue weighted by Gasteiger charge is -2.25. The molecule has 2 N–H and O–H groups in total. The smallest absolute Gasteiger partial charge is 0.317 e. The summed E-state index contributed by atoms with van der Waals surface area (Å²) in [5.74, 6) is 0. The molecule has 0 spiro atoms. The van der Waals surface area contributed by atoms with Crippen molar-refractivity contribution in [1.82, 2.24) is 20.0 Å². The van der Waals surface area contributed by atoms with E-state index in [1.807, 2.05) is 13.2 Å². The van der Waals surface area contributed by atoms with Gasteiger partial charge in [0, 0.05) is 26.8 Å². The van der Waals surface area contributed by atoms with Crippen molar-refractivity contribution in [1.29, 1.82) is 0 Å². The Morgan fingerprint density at radius 2 is 2.28 bits per heavy atom. The monoisotopic (exact) mass is 254 g/mol. The molecule has 6 heteroatoms. The van der Waals surface area contributed by atoms with Crippen LogP contribution in [0, 0.1) is 0 Å². The summed E-state index contributed by atoms with van der Waals surface area (Å²) >= 11 is 0. The number of aromatic nitrogens is 2. The predicted molar refractivity (Wildman–Crippen MR) is 69.2 cm³/mol. The molecule has 6 nitrogen and oxygen atoms in total. The fraction of sp³-hybridized carbons (Fsp3) is 0.667. The fourth-order valence-corrected chi connectivity index (χ4v) is 1.70. The van der Waals surface area contributed by atoms with Gasteiger partial charge in [0.15, 0.2) is 0 Å². The van der Waals surface area contributed by atoms with Gasteiger partial charge >= 0.3 is 6.03 Å². The number of aryl methyl sites for hydroxylation is 1. The first kappa shape index (κ1) is 14.5. The fourth-order valence-electron chi connectivity index (χ4n) is 1.70. The van der Waals surface area contributed by atoms with Crippen LogP contribution >= 0.6 is 0 Å². The lowest BCUT2D eigenvalue weighted by molar-refractivity contribution is 0.0532. The number of rotatable bonds is 5. The number of hydrogen-bond donors (Lipinski definition) is 2. The molecule has 0 aliphatic rings. The van der Waals surface area contributed by atoms with Crippen molar-refractivity contribution in [2.24, 2.45) is 7.05 Å². The van der Waals surface area contributed by atoms with Crippen LogP contribution in [0.2, 0.25) is 0 Å². The van der Waals surface area contributed by atoms with Gasteiger partial charge in [-0.1, -0.05) is 0 Å². The highest BCUT2D eigenvalue weighted by molar-refractivity contribution is 5.73. The Morgan fingerprint density at radius 3 is 2.78 bits per heavy atom. The van der Waals surface area contributed by atoms with Crippen molar-refractivity contribution in [3.63, 3.8) is 0 Å². The molecule has 1 aromatic rings. The molecule has 0 saturated carbocycles. The number of carbonyl (C=O) groups is 1. The van der Waals surface area contributed by atoms with Crippen LogP contribution in [0.5, 0.6) is 0 Å². The number of amides is 2. The average molecular weight is 254 g/mol. The zero-order chi connectivity index (χ0) is 13.8. The van der Waals surface area contributed by atoms with Crippen molar-refractivity contribution in [3.05, 3.63) is 18.0 Å². The normalized spacial score (nSPS) is 11.4. The minimum atomic E-state index is -0.880. The van der Waals surface area contributed by atoms with Crippen LogP contribution < -0.4 is 5.32 Å². The van der Waals surface area contributed by atoms with Crippen LogP contribution in [0.1, 0.15) is 19.4 Å². The molecular formula is C12H22N4O2. The molecule has 0 radical (unpaired) electrons. The maximum absolute atomic E-state index is 11.7. The van der Waals surface area contributed by atoms with E-state index in [9.17, 15) is 9.90 Å². The second-order valence-electron chi connectivity index (χ2n) is 5.17. The first-order valence-electron chi connectivity index (χ1n) is 5.97. The number of nitrogens with zero attached hydrogens (tertiary/aromatic N) is 3. The van der Waals surface area contributed by atoms with Gasteiger partial charge in [-0.2, -0.15) is 5.10 Å². The van der Waals surface area contributed by atoms with E-state index in [0.29, 0.717) is 13.1 Å². The molecule has 1 heterocycles. The van der Waals surface area contributed by atoms with Crippen molar-refractivity contribution < 1.29 is 9.90 Å². The molecule has 2 amide bonds. The predicted octanol–water partition coefficient (Wildman–Crippen LogP) is 0.375. The van der Waals surface area contributed by atoms with Crippen molar-refractivity contribution in [2.75, 3.05) is 20.1 Å². The van der Waals surface area contributed by atoms with E-state index in [2.05, 4.69) is 10.4 Å². The largest absolute Gasteiger partial charge is 0.389 e. The summed E-state index contributed by atoms with van der Waals surface area (Å²) in [5, 5.41) is 16.5. The summed E-state index contributed by atoms with van der Waals surface area (Å²) in [6.07, 6.45) is 4.45. The van der Waals surface area contributed by atoms with Crippen molar-refractivity contribution >= 4 is 6.03 Å². The van der Waals surface area contributed by atoms with Crippen LogP contribution in [0.4, 0.5) is 4.79 Å². The molecule has 0 aliphatic heterocycles. The van der Waals surface area contributed by atoms with E-state index in [0.717, 1.165) is 12.0 Å². The van der Waals surface area contributed by atoms with E-state index < -0.39 is 5.60 Å². The summed E-state index contributed by atoms with van der Waals surface area (Å²) in [4.78, 5) is 13.2. The van der Waals surface area contributed by atoms with E-state index in [4.69, 9.17) is 0 Å². The molecule has 0 bridgehead atoms. The van der Waals surface area contributed by atoms with Gasteiger partial charge in [-0.05, 0) is 25.8 Å². The van der Waals surface area contributed by atoms with Gasteiger partial charge in [-0.25, -0.2) is 4.79 Å². The van der Waals surface area contributed by atoms with Crippen LogP contribution in [-0.2, 0) is 13.5 Å². The third kappa shape index (κ3) is 5.18. The minimum Gasteiger partial charge on any atom is -0.389 e. The van der Waals surface area contributed by atoms with E-state index in [-0.39, 0.29) is 6.03 Å². The van der Waals surface area contributed by atoms with Crippen LogP contribution in [0.15, 0.2) is 12.4 Å². The number of nitrogens with one attached hydrogen (secondary N) is 1. The number of likely N-dealkylation sites (N-methyl/N-ethyl adjacent to an activating group) is 1. The Kier molecular flexibility index (Phi) is 4.72. The second kappa shape index (κ2) is 5.86. The highest BCUT2D eigenvalue weighted by atomic mass is 16.3. The van der Waals surface area contributed by atoms with E-state index in [1.165, 1.54) is 4.90 Å². The molecule has 0 aliphatic carbocycles. The van der Waals surface area contributed by atoms with Gasteiger partial charge in [0.25, 0.3) is 0 Å². The Balaban J connectivity index is 2.28. The molecule has 1 aromatic heterocycles. The minimum absolute atomic E-state index is 0.180. The van der Waals surface area contributed by atoms with Gasteiger partial charge in [-0.15, -0.1) is 0 Å². The number of carbonyl (C=O) groups excluding carboxylic acids is 1.